The molecule has 4 amide bonds. The van der Waals surface area contributed by atoms with Crippen LogP contribution in [0, 0.1) is 27.7 Å². The predicted octanol–water partition coefficient (Wildman–Crippen LogP) is 6.33. The Morgan fingerprint density at radius 2 is 1.63 bits per heavy atom. The fourth-order valence-electron chi connectivity index (χ4n) is 4.13. The molecule has 0 spiro atoms. The maximum absolute atomic E-state index is 13.4. The molecule has 38 heavy (non-hydrogen) atoms. The summed E-state index contributed by atoms with van der Waals surface area (Å²) < 4.78 is 12.5. The molecular weight excluding hydrogens is 548 g/mol. The van der Waals surface area contributed by atoms with E-state index >= 15 is 0 Å². The topological polar surface area (TPSA) is 84.9 Å². The van der Waals surface area contributed by atoms with Gasteiger partial charge in [0.1, 0.15) is 12.2 Å². The normalized spacial score (nSPS) is 14.6. The van der Waals surface area contributed by atoms with Gasteiger partial charge in [-0.25, -0.2) is 9.69 Å². The summed E-state index contributed by atoms with van der Waals surface area (Å²) in [6, 6.07) is 14.3. The molecule has 4 rings (SSSR count). The number of carbonyl (C=O) groups is 3. The van der Waals surface area contributed by atoms with Crippen LogP contribution in [0.25, 0.3) is 6.08 Å². The lowest BCUT2D eigenvalue weighted by Crippen LogP contribution is -2.54. The fourth-order valence-corrected chi connectivity index (χ4v) is 4.70. The minimum Gasteiger partial charge on any atom is -0.490 e. The zero-order valence-corrected chi connectivity index (χ0v) is 23.6. The smallest absolute Gasteiger partial charge is 0.335 e. The SMILES string of the molecule is CCOc1cc(/C=C2\C(=O)NC(=O)N(c3cc(C)ccc3C)C2=O)cc(Br)c1OCc1ccc(C)c(C)c1. The van der Waals surface area contributed by atoms with Crippen LogP contribution >= 0.6 is 15.9 Å². The van der Waals surface area contributed by atoms with Gasteiger partial charge in [0.05, 0.1) is 16.8 Å². The van der Waals surface area contributed by atoms with Gasteiger partial charge in [0.25, 0.3) is 11.8 Å². The van der Waals surface area contributed by atoms with Crippen molar-refractivity contribution in [1.29, 1.82) is 0 Å². The molecule has 196 valence electrons. The Morgan fingerprint density at radius 1 is 0.895 bits per heavy atom. The Bertz CT molecular complexity index is 1480. The van der Waals surface area contributed by atoms with E-state index in [-0.39, 0.29) is 5.57 Å². The molecule has 0 saturated carbocycles. The molecule has 1 aliphatic heterocycles. The number of anilines is 1. The predicted molar refractivity (Wildman–Crippen MR) is 150 cm³/mol. The fraction of sp³-hybridized carbons (Fsp3) is 0.233. The molecule has 0 bridgehead atoms. The van der Waals surface area contributed by atoms with Gasteiger partial charge in [0, 0.05) is 0 Å². The van der Waals surface area contributed by atoms with Crippen LogP contribution in [0.2, 0.25) is 0 Å². The van der Waals surface area contributed by atoms with E-state index in [2.05, 4.69) is 47.2 Å². The third-order valence-electron chi connectivity index (χ3n) is 6.30. The number of halogens is 1. The van der Waals surface area contributed by atoms with Gasteiger partial charge in [-0.15, -0.1) is 0 Å². The van der Waals surface area contributed by atoms with Crippen molar-refractivity contribution in [2.24, 2.45) is 0 Å². The Hall–Kier alpha value is -3.91. The Morgan fingerprint density at radius 3 is 2.34 bits per heavy atom. The minimum absolute atomic E-state index is 0.163. The number of nitrogens with zero attached hydrogens (tertiary/aromatic N) is 1. The summed E-state index contributed by atoms with van der Waals surface area (Å²) in [6.07, 6.45) is 1.45. The van der Waals surface area contributed by atoms with E-state index in [0.717, 1.165) is 21.6 Å². The van der Waals surface area contributed by atoms with Crippen molar-refractivity contribution in [3.05, 3.63) is 92.0 Å². The molecule has 0 radical (unpaired) electrons. The van der Waals surface area contributed by atoms with Crippen LogP contribution in [-0.2, 0) is 16.2 Å². The number of ether oxygens (including phenoxy) is 2. The summed E-state index contributed by atoms with van der Waals surface area (Å²) in [6.45, 7) is 10.4. The highest BCUT2D eigenvalue weighted by atomic mass is 79.9. The summed E-state index contributed by atoms with van der Waals surface area (Å²) in [5.41, 5.74) is 5.83. The first-order valence-corrected chi connectivity index (χ1v) is 13.0. The maximum Gasteiger partial charge on any atom is 0.335 e. The number of nitrogens with one attached hydrogen (secondary N) is 1. The number of hydrogen-bond acceptors (Lipinski definition) is 5. The number of imide groups is 2. The van der Waals surface area contributed by atoms with Gasteiger partial charge in [-0.05, 0) is 108 Å². The first-order valence-electron chi connectivity index (χ1n) is 12.2. The van der Waals surface area contributed by atoms with E-state index in [1.807, 2.05) is 32.0 Å². The lowest BCUT2D eigenvalue weighted by atomic mass is 10.0. The van der Waals surface area contributed by atoms with Gasteiger partial charge in [-0.1, -0.05) is 30.3 Å². The molecule has 0 atom stereocenters. The molecular formula is C30H29BrN2O5. The molecule has 0 unspecified atom stereocenters. The van der Waals surface area contributed by atoms with Crippen molar-refractivity contribution in [3.8, 4) is 11.5 Å². The summed E-state index contributed by atoms with van der Waals surface area (Å²) in [5, 5.41) is 2.28. The Balaban J connectivity index is 1.67. The third kappa shape index (κ3) is 5.65. The highest BCUT2D eigenvalue weighted by Gasteiger charge is 2.37. The van der Waals surface area contributed by atoms with Crippen molar-refractivity contribution in [3.63, 3.8) is 0 Å². The second-order valence-corrected chi connectivity index (χ2v) is 10.1. The van der Waals surface area contributed by atoms with Gasteiger partial charge < -0.3 is 9.47 Å². The number of benzene rings is 3. The molecule has 7 nitrogen and oxygen atoms in total. The summed E-state index contributed by atoms with van der Waals surface area (Å²) in [4.78, 5) is 39.7. The number of barbiturate groups is 1. The summed E-state index contributed by atoms with van der Waals surface area (Å²) in [5.74, 6) is -0.482. The van der Waals surface area contributed by atoms with Crippen LogP contribution in [0.4, 0.5) is 10.5 Å². The van der Waals surface area contributed by atoms with Crippen LogP contribution in [0.15, 0.2) is 58.6 Å². The number of urea groups is 1. The van der Waals surface area contributed by atoms with Gasteiger partial charge >= 0.3 is 6.03 Å². The third-order valence-corrected chi connectivity index (χ3v) is 6.89. The van der Waals surface area contributed by atoms with E-state index in [1.165, 1.54) is 17.2 Å². The molecule has 0 aliphatic carbocycles. The summed E-state index contributed by atoms with van der Waals surface area (Å²) >= 11 is 3.55. The lowest BCUT2D eigenvalue weighted by Gasteiger charge is -2.28. The van der Waals surface area contributed by atoms with E-state index in [1.54, 1.807) is 25.1 Å². The molecule has 1 heterocycles. The molecule has 1 N–H and O–H groups in total. The van der Waals surface area contributed by atoms with Gasteiger partial charge in [0.15, 0.2) is 11.5 Å². The first-order chi connectivity index (χ1) is 18.1. The van der Waals surface area contributed by atoms with Gasteiger partial charge in [0.2, 0.25) is 0 Å². The zero-order chi connectivity index (χ0) is 27.6. The molecule has 3 aromatic carbocycles. The summed E-state index contributed by atoms with van der Waals surface area (Å²) in [7, 11) is 0. The highest BCUT2D eigenvalue weighted by molar-refractivity contribution is 9.10. The van der Waals surface area contributed by atoms with Gasteiger partial charge in [-0.3, -0.25) is 14.9 Å². The van der Waals surface area contributed by atoms with Crippen molar-refractivity contribution >= 4 is 45.5 Å². The average molecular weight is 577 g/mol. The van der Waals surface area contributed by atoms with Crippen molar-refractivity contribution in [2.75, 3.05) is 11.5 Å². The quantitative estimate of drug-likeness (QED) is 0.262. The van der Waals surface area contributed by atoms with Crippen LogP contribution in [0.5, 0.6) is 11.5 Å². The van der Waals surface area contributed by atoms with Crippen LogP contribution in [0.3, 0.4) is 0 Å². The molecule has 3 aromatic rings. The number of amides is 4. The lowest BCUT2D eigenvalue weighted by molar-refractivity contribution is -0.122. The van der Waals surface area contributed by atoms with Crippen molar-refractivity contribution < 1.29 is 23.9 Å². The number of aryl methyl sites for hydroxylation is 4. The Kier molecular flexibility index (Phi) is 8.02. The van der Waals surface area contributed by atoms with Crippen molar-refractivity contribution in [2.45, 2.75) is 41.2 Å². The second kappa shape index (κ2) is 11.2. The van der Waals surface area contributed by atoms with Gasteiger partial charge in [-0.2, -0.15) is 0 Å². The number of hydrogen-bond donors (Lipinski definition) is 1. The molecule has 0 aromatic heterocycles. The number of rotatable bonds is 7. The van der Waals surface area contributed by atoms with Crippen LogP contribution in [-0.4, -0.2) is 24.5 Å². The largest absolute Gasteiger partial charge is 0.490 e. The highest BCUT2D eigenvalue weighted by Crippen LogP contribution is 2.38. The van der Waals surface area contributed by atoms with E-state index in [9.17, 15) is 14.4 Å². The molecule has 1 aliphatic rings. The van der Waals surface area contributed by atoms with Crippen molar-refractivity contribution in [1.82, 2.24) is 5.32 Å². The molecule has 1 saturated heterocycles. The van der Waals surface area contributed by atoms with E-state index in [4.69, 9.17) is 9.47 Å². The minimum atomic E-state index is -0.780. The molecule has 1 fully saturated rings. The van der Waals surface area contributed by atoms with E-state index < -0.39 is 17.8 Å². The first kappa shape index (κ1) is 27.1. The monoisotopic (exact) mass is 576 g/mol. The average Bonchev–Trinajstić information content (AvgIpc) is 2.85. The number of carbonyl (C=O) groups excluding carboxylic acids is 3. The zero-order valence-electron chi connectivity index (χ0n) is 22.0. The Labute approximate surface area is 230 Å². The van der Waals surface area contributed by atoms with Crippen LogP contribution in [0.1, 0.15) is 40.3 Å². The molecule has 8 heteroatoms. The second-order valence-electron chi connectivity index (χ2n) is 9.22. The maximum atomic E-state index is 13.4. The van der Waals surface area contributed by atoms with Crippen LogP contribution < -0.4 is 19.7 Å². The van der Waals surface area contributed by atoms with E-state index in [0.29, 0.717) is 40.4 Å². The standard InChI is InChI=1S/C30H29BrN2O5/c1-6-37-26-15-22(14-24(31)27(26)38-16-21-10-9-18(3)20(5)12-21)13-23-28(34)32-30(36)33(29(23)35)25-11-17(2)7-8-19(25)4/h7-15H,6,16H2,1-5H3,(H,32,34,36)/b23-13+.